The average Bonchev–Trinajstić information content (AvgIpc) is 3.50. The Morgan fingerprint density at radius 3 is 2.42 bits per heavy atom. The number of benzene rings is 1. The van der Waals surface area contributed by atoms with Crippen LogP contribution in [0.2, 0.25) is 0 Å². The molecule has 1 atom stereocenters. The van der Waals surface area contributed by atoms with E-state index in [1.54, 1.807) is 31.7 Å². The van der Waals surface area contributed by atoms with Crippen molar-refractivity contribution in [2.45, 2.75) is 69.8 Å². The summed E-state index contributed by atoms with van der Waals surface area (Å²) in [6, 6.07) is 4.61. The number of likely N-dealkylation sites (tertiary alicyclic amines) is 1. The number of imidazole rings is 1. The summed E-state index contributed by atoms with van der Waals surface area (Å²) in [6.07, 6.45) is 4.77. The lowest BCUT2D eigenvalue weighted by Gasteiger charge is -2.43. The predicted octanol–water partition coefficient (Wildman–Crippen LogP) is 4.87. The monoisotopic (exact) mass is 463 g/mol. The molecule has 0 radical (unpaired) electrons. The summed E-state index contributed by atoms with van der Waals surface area (Å²) in [7, 11) is 1.67. The van der Waals surface area contributed by atoms with Crippen molar-refractivity contribution < 1.29 is 18.0 Å². The zero-order valence-electron chi connectivity index (χ0n) is 19.2. The van der Waals surface area contributed by atoms with Crippen LogP contribution in [-0.2, 0) is 6.18 Å². The quantitative estimate of drug-likeness (QED) is 0.665. The fraction of sp³-hybridized carbons (Fsp3) is 0.583. The lowest BCUT2D eigenvalue weighted by molar-refractivity contribution is -0.138. The van der Waals surface area contributed by atoms with Crippen LogP contribution in [0.15, 0.2) is 30.7 Å². The fourth-order valence-corrected chi connectivity index (χ4v) is 5.48. The van der Waals surface area contributed by atoms with Crippen LogP contribution < -0.4 is 5.32 Å². The van der Waals surface area contributed by atoms with Gasteiger partial charge in [-0.3, -0.25) is 4.90 Å². The molecule has 9 heteroatoms. The van der Waals surface area contributed by atoms with Crippen LogP contribution in [0.25, 0.3) is 0 Å². The molecule has 1 aromatic carbocycles. The molecule has 33 heavy (non-hydrogen) atoms. The highest BCUT2D eigenvalue weighted by Gasteiger charge is 2.37. The lowest BCUT2D eigenvalue weighted by atomic mass is 9.93. The molecule has 2 N–H and O–H groups in total. The van der Waals surface area contributed by atoms with Gasteiger partial charge in [-0.15, -0.1) is 0 Å². The van der Waals surface area contributed by atoms with Gasteiger partial charge in [0.05, 0.1) is 23.6 Å². The van der Waals surface area contributed by atoms with Crippen molar-refractivity contribution >= 4 is 6.03 Å². The van der Waals surface area contributed by atoms with Gasteiger partial charge < -0.3 is 15.2 Å². The van der Waals surface area contributed by atoms with E-state index in [9.17, 15) is 18.0 Å². The maximum atomic E-state index is 13.6. The van der Waals surface area contributed by atoms with Gasteiger partial charge >= 0.3 is 12.2 Å². The van der Waals surface area contributed by atoms with E-state index in [4.69, 9.17) is 0 Å². The number of urea groups is 1. The van der Waals surface area contributed by atoms with Crippen LogP contribution >= 0.6 is 0 Å². The van der Waals surface area contributed by atoms with Crippen molar-refractivity contribution in [2.24, 2.45) is 0 Å². The Hall–Kier alpha value is -2.55. The molecule has 1 saturated carbocycles. The molecule has 0 bridgehead atoms. The third-order valence-electron chi connectivity index (χ3n) is 7.12. The van der Waals surface area contributed by atoms with Gasteiger partial charge in [0.1, 0.15) is 0 Å². The first-order valence-electron chi connectivity index (χ1n) is 11.7. The number of amides is 2. The Kier molecular flexibility index (Phi) is 6.97. The predicted molar refractivity (Wildman–Crippen MR) is 120 cm³/mol. The number of rotatable bonds is 5. The van der Waals surface area contributed by atoms with Gasteiger partial charge in [-0.2, -0.15) is 13.2 Å². The van der Waals surface area contributed by atoms with E-state index in [1.807, 2.05) is 4.90 Å². The second-order valence-electron chi connectivity index (χ2n) is 9.15. The van der Waals surface area contributed by atoms with Crippen molar-refractivity contribution in [2.75, 3.05) is 20.1 Å². The van der Waals surface area contributed by atoms with E-state index < -0.39 is 11.7 Å². The number of carbonyl (C=O) groups is 1. The van der Waals surface area contributed by atoms with E-state index in [0.717, 1.165) is 44.2 Å². The molecule has 2 heterocycles. The minimum absolute atomic E-state index is 0.0289. The van der Waals surface area contributed by atoms with Crippen molar-refractivity contribution in [1.29, 1.82) is 0 Å². The Bertz CT molecular complexity index is 932. The number of piperidine rings is 1. The largest absolute Gasteiger partial charge is 0.416 e. The van der Waals surface area contributed by atoms with Gasteiger partial charge in [-0.05, 0) is 49.8 Å². The third kappa shape index (κ3) is 5.03. The van der Waals surface area contributed by atoms with Crippen LogP contribution in [0.5, 0.6) is 0 Å². The first-order chi connectivity index (χ1) is 15.8. The molecule has 0 spiro atoms. The molecule has 2 fully saturated rings. The van der Waals surface area contributed by atoms with Crippen LogP contribution in [0, 0.1) is 6.92 Å². The zero-order chi connectivity index (χ0) is 23.6. The number of aryl methyl sites for hydroxylation is 1. The molecular formula is C24H32F3N5O. The molecule has 2 amide bonds. The summed E-state index contributed by atoms with van der Waals surface area (Å²) < 4.78 is 40.8. The van der Waals surface area contributed by atoms with Gasteiger partial charge in [-0.25, -0.2) is 9.78 Å². The molecule has 6 nitrogen and oxygen atoms in total. The highest BCUT2D eigenvalue weighted by molar-refractivity contribution is 5.74. The number of halogens is 3. The van der Waals surface area contributed by atoms with Gasteiger partial charge in [0, 0.05) is 38.4 Å². The number of alkyl halides is 3. The Morgan fingerprint density at radius 1 is 1.18 bits per heavy atom. The van der Waals surface area contributed by atoms with Crippen LogP contribution in [0.4, 0.5) is 18.0 Å². The van der Waals surface area contributed by atoms with E-state index in [-0.39, 0.29) is 29.7 Å². The summed E-state index contributed by atoms with van der Waals surface area (Å²) in [5.74, 6) is 0. The molecule has 1 unspecified atom stereocenters. The second-order valence-corrected chi connectivity index (χ2v) is 9.15. The van der Waals surface area contributed by atoms with E-state index >= 15 is 0 Å². The van der Waals surface area contributed by atoms with Gasteiger partial charge in [0.25, 0.3) is 0 Å². The van der Waals surface area contributed by atoms with Crippen molar-refractivity contribution in [3.8, 4) is 0 Å². The molecule has 4 rings (SSSR count). The van der Waals surface area contributed by atoms with Crippen molar-refractivity contribution in [3.63, 3.8) is 0 Å². The number of carbonyl (C=O) groups excluding carboxylic acids is 1. The first-order valence-corrected chi connectivity index (χ1v) is 11.7. The minimum Gasteiger partial charge on any atom is -0.347 e. The smallest absolute Gasteiger partial charge is 0.347 e. The molecule has 1 aromatic heterocycles. The second kappa shape index (κ2) is 9.75. The maximum Gasteiger partial charge on any atom is 0.416 e. The molecular weight excluding hydrogens is 431 g/mol. The standard InChI is InChI=1S/C24H32F3N5O/c1-16-7-8-17(13-20(16)24(25,26)27)22(21-14-29-15-30-21)31-11-9-19(10-12-31)32(23(33)28-2)18-5-3-4-6-18/h7-8,13-15,18-19,22H,3-6,9-12H2,1-2H3,(H,28,33)(H,29,30). The zero-order valence-corrected chi connectivity index (χ0v) is 19.2. The van der Waals surface area contributed by atoms with Gasteiger partial charge in [0.15, 0.2) is 0 Å². The van der Waals surface area contributed by atoms with E-state index in [0.29, 0.717) is 18.7 Å². The summed E-state index contributed by atoms with van der Waals surface area (Å²) in [4.78, 5) is 24.1. The number of H-pyrrole nitrogens is 1. The molecule has 1 aliphatic heterocycles. The summed E-state index contributed by atoms with van der Waals surface area (Å²) in [5, 5.41) is 2.80. The highest BCUT2D eigenvalue weighted by atomic mass is 19.4. The van der Waals surface area contributed by atoms with Crippen LogP contribution in [-0.4, -0.2) is 58.0 Å². The SMILES string of the molecule is CNC(=O)N(C1CCCC1)C1CCN(C(c2ccc(C)c(C(F)(F)F)c2)c2cnc[nH]2)CC1. The number of aromatic amines is 1. The molecule has 2 aromatic rings. The topological polar surface area (TPSA) is 64.3 Å². The van der Waals surface area contributed by atoms with E-state index in [1.165, 1.54) is 13.0 Å². The maximum absolute atomic E-state index is 13.6. The normalized spacial score (nSPS) is 19.5. The van der Waals surface area contributed by atoms with Gasteiger partial charge in [0.2, 0.25) is 0 Å². The van der Waals surface area contributed by atoms with Crippen molar-refractivity contribution in [1.82, 2.24) is 25.1 Å². The summed E-state index contributed by atoms with van der Waals surface area (Å²) in [5.41, 5.74) is 0.969. The minimum atomic E-state index is -4.40. The van der Waals surface area contributed by atoms with Crippen LogP contribution in [0.1, 0.15) is 67.0 Å². The molecule has 180 valence electrons. The van der Waals surface area contributed by atoms with Crippen molar-refractivity contribution in [3.05, 3.63) is 53.1 Å². The number of nitrogens with zero attached hydrogens (tertiary/aromatic N) is 3. The number of hydrogen-bond donors (Lipinski definition) is 2. The number of hydrogen-bond acceptors (Lipinski definition) is 3. The Balaban J connectivity index is 1.57. The fourth-order valence-electron chi connectivity index (χ4n) is 5.48. The Morgan fingerprint density at radius 2 is 1.85 bits per heavy atom. The summed E-state index contributed by atoms with van der Waals surface area (Å²) in [6.45, 7) is 2.85. The van der Waals surface area contributed by atoms with E-state index in [2.05, 4.69) is 20.2 Å². The Labute approximate surface area is 192 Å². The molecule has 2 aliphatic rings. The lowest BCUT2D eigenvalue weighted by Crippen LogP contribution is -2.54. The van der Waals surface area contributed by atoms with Crippen LogP contribution in [0.3, 0.4) is 0 Å². The summed E-state index contributed by atoms with van der Waals surface area (Å²) >= 11 is 0. The highest BCUT2D eigenvalue weighted by Crippen LogP contribution is 2.37. The third-order valence-corrected chi connectivity index (χ3v) is 7.12. The average molecular weight is 464 g/mol. The molecule has 1 saturated heterocycles. The first kappa shape index (κ1) is 23.6. The molecule has 1 aliphatic carbocycles. The van der Waals surface area contributed by atoms with Gasteiger partial charge in [-0.1, -0.05) is 25.0 Å². The number of nitrogens with one attached hydrogen (secondary N) is 2. The number of aromatic nitrogens is 2.